The second-order valence-electron chi connectivity index (χ2n) is 3.32. The number of aliphatic hydroxyl groups is 1. The highest BCUT2D eigenvalue weighted by Crippen LogP contribution is 2.06. The van der Waals surface area contributed by atoms with Crippen molar-refractivity contribution in [3.05, 3.63) is 0 Å². The fourth-order valence-electron chi connectivity index (χ4n) is 1.38. The van der Waals surface area contributed by atoms with Crippen LogP contribution in [0.5, 0.6) is 0 Å². The molecule has 0 aromatic rings. The highest BCUT2D eigenvalue weighted by molar-refractivity contribution is 5.67. The smallest absolute Gasteiger partial charge is 0.409 e. The van der Waals surface area contributed by atoms with Crippen molar-refractivity contribution in [2.75, 3.05) is 32.9 Å². The van der Waals surface area contributed by atoms with Crippen molar-refractivity contribution in [1.82, 2.24) is 4.90 Å². The SMILES string of the molecule is CC1CN(C(=O)OCCO)CCCO1. The van der Waals surface area contributed by atoms with E-state index in [2.05, 4.69) is 0 Å². The van der Waals surface area contributed by atoms with Gasteiger partial charge < -0.3 is 19.5 Å². The van der Waals surface area contributed by atoms with Gasteiger partial charge in [-0.15, -0.1) is 0 Å². The van der Waals surface area contributed by atoms with Crippen LogP contribution in [-0.4, -0.2) is 55.1 Å². The van der Waals surface area contributed by atoms with Crippen molar-refractivity contribution < 1.29 is 19.4 Å². The largest absolute Gasteiger partial charge is 0.447 e. The van der Waals surface area contributed by atoms with E-state index in [-0.39, 0.29) is 25.4 Å². The Morgan fingerprint density at radius 1 is 1.71 bits per heavy atom. The molecule has 0 spiro atoms. The topological polar surface area (TPSA) is 59.0 Å². The molecule has 82 valence electrons. The zero-order chi connectivity index (χ0) is 10.4. The van der Waals surface area contributed by atoms with E-state index in [0.29, 0.717) is 19.7 Å². The molecule has 1 amide bonds. The molecule has 0 aliphatic carbocycles. The molecule has 1 fully saturated rings. The first-order chi connectivity index (χ1) is 6.74. The van der Waals surface area contributed by atoms with Crippen molar-refractivity contribution in [3.8, 4) is 0 Å². The van der Waals surface area contributed by atoms with Crippen LogP contribution >= 0.6 is 0 Å². The summed E-state index contributed by atoms with van der Waals surface area (Å²) in [6.45, 7) is 3.76. The molecular weight excluding hydrogens is 186 g/mol. The zero-order valence-corrected chi connectivity index (χ0v) is 8.44. The molecule has 1 aliphatic heterocycles. The van der Waals surface area contributed by atoms with Gasteiger partial charge in [-0.25, -0.2) is 4.79 Å². The molecule has 0 aromatic heterocycles. The van der Waals surface area contributed by atoms with E-state index in [4.69, 9.17) is 14.6 Å². The highest BCUT2D eigenvalue weighted by atomic mass is 16.6. The maximum absolute atomic E-state index is 11.4. The number of nitrogens with zero attached hydrogens (tertiary/aromatic N) is 1. The van der Waals surface area contributed by atoms with Gasteiger partial charge in [0.15, 0.2) is 0 Å². The molecule has 5 nitrogen and oxygen atoms in total. The van der Waals surface area contributed by atoms with Crippen LogP contribution in [0.3, 0.4) is 0 Å². The summed E-state index contributed by atoms with van der Waals surface area (Å²) in [6.07, 6.45) is 0.522. The molecule has 1 saturated heterocycles. The van der Waals surface area contributed by atoms with Gasteiger partial charge in [-0.3, -0.25) is 0 Å². The van der Waals surface area contributed by atoms with Crippen molar-refractivity contribution in [1.29, 1.82) is 0 Å². The normalized spacial score (nSPS) is 23.0. The van der Waals surface area contributed by atoms with Gasteiger partial charge in [0.1, 0.15) is 6.61 Å². The maximum Gasteiger partial charge on any atom is 0.409 e. The molecule has 0 saturated carbocycles. The summed E-state index contributed by atoms with van der Waals surface area (Å²) in [4.78, 5) is 13.0. The summed E-state index contributed by atoms with van der Waals surface area (Å²) >= 11 is 0. The van der Waals surface area contributed by atoms with Crippen LogP contribution in [0.4, 0.5) is 4.79 Å². The number of carbonyl (C=O) groups is 1. The quantitative estimate of drug-likeness (QED) is 0.697. The molecule has 1 aliphatic rings. The van der Waals surface area contributed by atoms with Crippen LogP contribution in [0.15, 0.2) is 0 Å². The van der Waals surface area contributed by atoms with E-state index < -0.39 is 0 Å². The summed E-state index contributed by atoms with van der Waals surface area (Å²) in [7, 11) is 0. The van der Waals surface area contributed by atoms with Gasteiger partial charge in [0.2, 0.25) is 0 Å². The molecule has 5 heteroatoms. The average molecular weight is 203 g/mol. The number of rotatable bonds is 2. The van der Waals surface area contributed by atoms with Gasteiger partial charge in [-0.2, -0.15) is 0 Å². The predicted molar refractivity (Wildman–Crippen MR) is 50.0 cm³/mol. The lowest BCUT2D eigenvalue weighted by Crippen LogP contribution is -2.36. The van der Waals surface area contributed by atoms with Gasteiger partial charge in [-0.05, 0) is 13.3 Å². The van der Waals surface area contributed by atoms with Crippen LogP contribution in [-0.2, 0) is 9.47 Å². The molecular formula is C9H17NO4. The second-order valence-corrected chi connectivity index (χ2v) is 3.32. The Morgan fingerprint density at radius 3 is 3.21 bits per heavy atom. The zero-order valence-electron chi connectivity index (χ0n) is 8.44. The van der Waals surface area contributed by atoms with Gasteiger partial charge >= 0.3 is 6.09 Å². The lowest BCUT2D eigenvalue weighted by molar-refractivity contribution is 0.0550. The van der Waals surface area contributed by atoms with E-state index in [1.165, 1.54) is 0 Å². The molecule has 0 radical (unpaired) electrons. The standard InChI is InChI=1S/C9H17NO4/c1-8-7-10(3-2-5-13-8)9(12)14-6-4-11/h8,11H,2-7H2,1H3. The molecule has 0 bridgehead atoms. The first-order valence-corrected chi connectivity index (χ1v) is 4.88. The summed E-state index contributed by atoms with van der Waals surface area (Å²) < 4.78 is 10.2. The maximum atomic E-state index is 11.4. The highest BCUT2D eigenvalue weighted by Gasteiger charge is 2.20. The van der Waals surface area contributed by atoms with E-state index in [9.17, 15) is 4.79 Å². The molecule has 1 heterocycles. The number of ether oxygens (including phenoxy) is 2. The van der Waals surface area contributed by atoms with E-state index in [1.54, 1.807) is 4.90 Å². The minimum Gasteiger partial charge on any atom is -0.447 e. The van der Waals surface area contributed by atoms with Gasteiger partial charge in [0, 0.05) is 19.7 Å². The van der Waals surface area contributed by atoms with Crippen LogP contribution in [0.2, 0.25) is 0 Å². The van der Waals surface area contributed by atoms with Crippen molar-refractivity contribution in [2.45, 2.75) is 19.4 Å². The molecule has 1 unspecified atom stereocenters. The first-order valence-electron chi connectivity index (χ1n) is 4.88. The Kier molecular flexibility index (Phi) is 4.69. The molecule has 1 rings (SSSR count). The minimum atomic E-state index is -0.364. The molecule has 0 aromatic carbocycles. The minimum absolute atomic E-state index is 0.0548. The molecule has 14 heavy (non-hydrogen) atoms. The Bertz CT molecular complexity index is 186. The van der Waals surface area contributed by atoms with Gasteiger partial charge in [-0.1, -0.05) is 0 Å². The summed E-state index contributed by atoms with van der Waals surface area (Å²) in [5.41, 5.74) is 0. The lowest BCUT2D eigenvalue weighted by Gasteiger charge is -2.21. The number of carbonyl (C=O) groups excluding carboxylic acids is 1. The molecule has 1 atom stereocenters. The third kappa shape index (κ3) is 3.51. The molecule has 1 N–H and O–H groups in total. The third-order valence-electron chi connectivity index (χ3n) is 2.03. The summed E-state index contributed by atoms with van der Waals surface area (Å²) in [5.74, 6) is 0. The van der Waals surface area contributed by atoms with E-state index >= 15 is 0 Å². The Labute approximate surface area is 83.6 Å². The number of hydrogen-bond acceptors (Lipinski definition) is 4. The van der Waals surface area contributed by atoms with E-state index in [0.717, 1.165) is 6.42 Å². The van der Waals surface area contributed by atoms with Gasteiger partial charge in [0.05, 0.1) is 12.7 Å². The number of hydrogen-bond donors (Lipinski definition) is 1. The van der Waals surface area contributed by atoms with Crippen LogP contribution in [0.1, 0.15) is 13.3 Å². The number of amides is 1. The summed E-state index contributed by atoms with van der Waals surface area (Å²) in [5, 5.41) is 8.50. The second kappa shape index (κ2) is 5.82. The predicted octanol–water partition coefficient (Wildman–Crippen LogP) is 0.226. The van der Waals surface area contributed by atoms with Crippen molar-refractivity contribution in [3.63, 3.8) is 0 Å². The van der Waals surface area contributed by atoms with Crippen molar-refractivity contribution in [2.24, 2.45) is 0 Å². The monoisotopic (exact) mass is 203 g/mol. The lowest BCUT2D eigenvalue weighted by atomic mass is 10.4. The van der Waals surface area contributed by atoms with Gasteiger partial charge in [0.25, 0.3) is 0 Å². The fourth-order valence-corrected chi connectivity index (χ4v) is 1.38. The Balaban J connectivity index is 2.36. The average Bonchev–Trinajstić information content (AvgIpc) is 2.39. The Hall–Kier alpha value is -0.810. The van der Waals surface area contributed by atoms with Crippen LogP contribution in [0, 0.1) is 0 Å². The Morgan fingerprint density at radius 2 is 2.50 bits per heavy atom. The third-order valence-corrected chi connectivity index (χ3v) is 2.03. The van der Waals surface area contributed by atoms with E-state index in [1.807, 2.05) is 6.92 Å². The van der Waals surface area contributed by atoms with Crippen molar-refractivity contribution >= 4 is 6.09 Å². The summed E-state index contributed by atoms with van der Waals surface area (Å²) in [6, 6.07) is 0. The fraction of sp³-hybridized carbons (Fsp3) is 0.889. The van der Waals surface area contributed by atoms with Crippen LogP contribution < -0.4 is 0 Å². The number of aliphatic hydroxyl groups excluding tert-OH is 1. The van der Waals surface area contributed by atoms with Crippen LogP contribution in [0.25, 0.3) is 0 Å². The first kappa shape index (κ1) is 11.3.